The topological polar surface area (TPSA) is 59.4 Å². The molecule has 5 rings (SSSR count). The Morgan fingerprint density at radius 1 is 1.14 bits per heavy atom. The minimum absolute atomic E-state index is 0.130. The highest BCUT2D eigenvalue weighted by Gasteiger charge is 2.35. The number of hydrogen-bond donors (Lipinski definition) is 1. The van der Waals surface area contributed by atoms with E-state index in [0.29, 0.717) is 23.5 Å². The molecule has 0 spiro atoms. The van der Waals surface area contributed by atoms with Crippen LogP contribution >= 0.6 is 11.8 Å². The minimum Gasteiger partial charge on any atom is -0.444 e. The van der Waals surface area contributed by atoms with Gasteiger partial charge in [-0.3, -0.25) is 4.57 Å². The fraction of sp³-hybridized carbons (Fsp3) is 0.462. The van der Waals surface area contributed by atoms with E-state index in [-0.39, 0.29) is 5.92 Å². The number of hydrogen-bond acceptors (Lipinski definition) is 5. The average molecular weight is 519 g/mol. The maximum absolute atomic E-state index is 13.6. The van der Waals surface area contributed by atoms with Gasteiger partial charge in [-0.05, 0) is 71.0 Å². The molecular weight excluding hydrogens is 489 g/mol. The molecule has 3 heterocycles. The van der Waals surface area contributed by atoms with Crippen LogP contribution < -0.4 is 5.32 Å². The number of fused-ring (bicyclic) bond motifs is 2. The lowest BCUT2D eigenvalue weighted by molar-refractivity contribution is -0.137. The largest absolute Gasteiger partial charge is 0.444 e. The van der Waals surface area contributed by atoms with Crippen LogP contribution in [0.5, 0.6) is 0 Å². The fourth-order valence-electron chi connectivity index (χ4n) is 4.84. The van der Waals surface area contributed by atoms with Gasteiger partial charge in [0.15, 0.2) is 0 Å². The molecular formula is C26H29F3N4O2S. The predicted octanol–water partition coefficient (Wildman–Crippen LogP) is 6.21. The molecule has 0 aliphatic carbocycles. The van der Waals surface area contributed by atoms with E-state index < -0.39 is 23.4 Å². The number of rotatable bonds is 4. The lowest BCUT2D eigenvalue weighted by Crippen LogP contribution is -2.41. The summed E-state index contributed by atoms with van der Waals surface area (Å²) in [6.07, 6.45) is -3.17. The first kappa shape index (κ1) is 25.0. The number of amides is 1. The summed E-state index contributed by atoms with van der Waals surface area (Å²) >= 11 is 1.37. The van der Waals surface area contributed by atoms with Gasteiger partial charge in [-0.25, -0.2) is 9.78 Å². The molecule has 0 saturated carbocycles. The number of aromatic nitrogens is 2. The Labute approximate surface area is 212 Å². The van der Waals surface area contributed by atoms with E-state index in [2.05, 4.69) is 14.8 Å². The summed E-state index contributed by atoms with van der Waals surface area (Å²) in [6, 6.07) is 10.2. The van der Waals surface area contributed by atoms with Crippen molar-refractivity contribution < 1.29 is 22.7 Å². The number of carbonyl (C=O) groups is 1. The molecule has 2 aliphatic heterocycles. The summed E-state index contributed by atoms with van der Waals surface area (Å²) in [4.78, 5) is 20.5. The number of piperidine rings is 1. The van der Waals surface area contributed by atoms with Crippen molar-refractivity contribution in [2.24, 2.45) is 0 Å². The predicted molar refractivity (Wildman–Crippen MR) is 133 cm³/mol. The zero-order valence-corrected chi connectivity index (χ0v) is 21.3. The van der Waals surface area contributed by atoms with E-state index in [1.807, 2.05) is 45.0 Å². The Bertz CT molecular complexity index is 1290. The van der Waals surface area contributed by atoms with Crippen molar-refractivity contribution in [2.45, 2.75) is 61.1 Å². The molecule has 1 amide bonds. The normalized spacial score (nSPS) is 16.7. The van der Waals surface area contributed by atoms with Crippen LogP contribution in [0.3, 0.4) is 0 Å². The standard InChI is InChI=1S/C26H29F3N4O2S/c1-25(2,3)35-24(34)30-10-13-32-11-8-16(9-12-32)23-31-18-14-17(26(27,28)29)15-21-22(18)33(23)19-6-4-5-7-20(19)36-21/h4-7,14-16H,8-13H2,1-3H3,(H,30,34). The number of benzene rings is 2. The second-order valence-corrected chi connectivity index (χ2v) is 11.3. The molecule has 1 saturated heterocycles. The number of alkyl carbamates (subject to hydrolysis) is 1. The van der Waals surface area contributed by atoms with E-state index in [1.165, 1.54) is 23.9 Å². The summed E-state index contributed by atoms with van der Waals surface area (Å²) < 4.78 is 48.1. The third kappa shape index (κ3) is 5.06. The number of nitrogens with zero attached hydrogens (tertiary/aromatic N) is 3. The minimum atomic E-state index is -4.43. The number of likely N-dealkylation sites (tertiary alicyclic amines) is 1. The highest BCUT2D eigenvalue weighted by molar-refractivity contribution is 7.99. The van der Waals surface area contributed by atoms with Crippen LogP contribution in [0.2, 0.25) is 0 Å². The van der Waals surface area contributed by atoms with Gasteiger partial charge in [-0.1, -0.05) is 23.9 Å². The van der Waals surface area contributed by atoms with E-state index in [9.17, 15) is 18.0 Å². The Morgan fingerprint density at radius 2 is 1.86 bits per heavy atom. The quantitative estimate of drug-likeness (QED) is 0.348. The third-order valence-corrected chi connectivity index (χ3v) is 7.54. The maximum atomic E-state index is 13.6. The zero-order chi connectivity index (χ0) is 25.7. The molecule has 10 heteroatoms. The Balaban J connectivity index is 1.35. The second-order valence-electron chi connectivity index (χ2n) is 10.3. The summed E-state index contributed by atoms with van der Waals surface area (Å²) in [7, 11) is 0. The van der Waals surface area contributed by atoms with Gasteiger partial charge in [0.25, 0.3) is 0 Å². The van der Waals surface area contributed by atoms with Gasteiger partial charge in [0, 0.05) is 28.8 Å². The van der Waals surface area contributed by atoms with E-state index in [0.717, 1.165) is 47.9 Å². The van der Waals surface area contributed by atoms with E-state index in [1.54, 1.807) is 0 Å². The van der Waals surface area contributed by atoms with Crippen molar-refractivity contribution in [3.05, 3.63) is 47.8 Å². The third-order valence-electron chi connectivity index (χ3n) is 6.44. The molecule has 0 bridgehead atoms. The fourth-order valence-corrected chi connectivity index (χ4v) is 5.97. The van der Waals surface area contributed by atoms with Crippen molar-refractivity contribution in [1.82, 2.24) is 19.8 Å². The monoisotopic (exact) mass is 518 g/mol. The zero-order valence-electron chi connectivity index (χ0n) is 20.5. The van der Waals surface area contributed by atoms with Crippen LogP contribution in [-0.4, -0.2) is 52.3 Å². The molecule has 1 N–H and O–H groups in total. The number of alkyl halides is 3. The van der Waals surface area contributed by atoms with Crippen LogP contribution in [0, 0.1) is 0 Å². The van der Waals surface area contributed by atoms with Gasteiger partial charge in [0.05, 0.1) is 22.3 Å². The van der Waals surface area contributed by atoms with Gasteiger partial charge in [0.1, 0.15) is 11.4 Å². The van der Waals surface area contributed by atoms with Gasteiger partial charge >= 0.3 is 12.3 Å². The number of imidazole rings is 1. The summed E-state index contributed by atoms with van der Waals surface area (Å²) in [5.41, 5.74) is 0.914. The Kier molecular flexibility index (Phi) is 6.45. The van der Waals surface area contributed by atoms with Crippen molar-refractivity contribution in [3.8, 4) is 5.69 Å². The highest BCUT2D eigenvalue weighted by atomic mass is 32.2. The molecule has 0 atom stereocenters. The lowest BCUT2D eigenvalue weighted by Gasteiger charge is -2.32. The van der Waals surface area contributed by atoms with Gasteiger partial charge < -0.3 is 15.0 Å². The first-order valence-corrected chi connectivity index (χ1v) is 12.9. The highest BCUT2D eigenvalue weighted by Crippen LogP contribution is 2.47. The molecule has 2 aliphatic rings. The van der Waals surface area contributed by atoms with Crippen LogP contribution in [0.4, 0.5) is 18.0 Å². The molecule has 1 fully saturated rings. The Morgan fingerprint density at radius 3 is 2.56 bits per heavy atom. The van der Waals surface area contributed by atoms with Crippen molar-refractivity contribution in [2.75, 3.05) is 26.2 Å². The van der Waals surface area contributed by atoms with Gasteiger partial charge in [-0.15, -0.1) is 0 Å². The number of carbonyl (C=O) groups excluding carboxylic acids is 1. The van der Waals surface area contributed by atoms with Gasteiger partial charge in [-0.2, -0.15) is 13.2 Å². The number of para-hydroxylation sites is 1. The van der Waals surface area contributed by atoms with Crippen molar-refractivity contribution in [1.29, 1.82) is 0 Å². The Hall–Kier alpha value is -2.72. The van der Waals surface area contributed by atoms with Crippen LogP contribution in [-0.2, 0) is 10.9 Å². The first-order chi connectivity index (χ1) is 17.0. The van der Waals surface area contributed by atoms with Crippen molar-refractivity contribution >= 4 is 28.9 Å². The molecule has 36 heavy (non-hydrogen) atoms. The summed E-state index contributed by atoms with van der Waals surface area (Å²) in [5, 5.41) is 2.79. The molecule has 6 nitrogen and oxygen atoms in total. The summed E-state index contributed by atoms with van der Waals surface area (Å²) in [6.45, 7) is 8.32. The number of nitrogens with one attached hydrogen (secondary N) is 1. The molecule has 1 aromatic heterocycles. The van der Waals surface area contributed by atoms with E-state index >= 15 is 0 Å². The number of ether oxygens (including phenoxy) is 1. The van der Waals surface area contributed by atoms with Crippen LogP contribution in [0.15, 0.2) is 46.2 Å². The first-order valence-electron chi connectivity index (χ1n) is 12.1. The molecule has 3 aromatic rings. The molecule has 0 radical (unpaired) electrons. The van der Waals surface area contributed by atoms with Crippen molar-refractivity contribution in [3.63, 3.8) is 0 Å². The molecule has 2 aromatic carbocycles. The van der Waals surface area contributed by atoms with Crippen LogP contribution in [0.1, 0.15) is 50.9 Å². The number of halogens is 3. The van der Waals surface area contributed by atoms with Gasteiger partial charge in [0.2, 0.25) is 0 Å². The SMILES string of the molecule is CC(C)(C)OC(=O)NCCN1CCC(c2nc3cc(C(F)(F)F)cc4c3n2-c2ccccc2S4)CC1. The average Bonchev–Trinajstić information content (AvgIpc) is 3.18. The maximum Gasteiger partial charge on any atom is 0.416 e. The molecule has 0 unspecified atom stereocenters. The van der Waals surface area contributed by atoms with E-state index in [4.69, 9.17) is 9.72 Å². The second kappa shape index (κ2) is 9.30. The summed E-state index contributed by atoms with van der Waals surface area (Å²) in [5.74, 6) is 0.954. The molecule has 192 valence electrons. The smallest absolute Gasteiger partial charge is 0.416 e. The lowest BCUT2D eigenvalue weighted by atomic mass is 9.95. The van der Waals surface area contributed by atoms with Crippen LogP contribution in [0.25, 0.3) is 16.7 Å².